The molecule has 1 amide bonds. The van der Waals surface area contributed by atoms with Crippen LogP contribution in [0.25, 0.3) is 20.9 Å². The van der Waals surface area contributed by atoms with Gasteiger partial charge in [0, 0.05) is 16.4 Å². The first-order valence-electron chi connectivity index (χ1n) is 11.3. The quantitative estimate of drug-likeness (QED) is 0.124. The second-order valence-corrected chi connectivity index (χ2v) is 8.27. The normalized spacial score (nSPS) is 10.9. The number of hydrogen-bond acceptors (Lipinski definition) is 4. The predicted molar refractivity (Wildman–Crippen MR) is 149 cm³/mol. The Hall–Kier alpha value is -4.20. The Kier molecular flexibility index (Phi) is 16.7. The number of carbonyl (C=O) groups is 2. The molecule has 0 aromatic heterocycles. The van der Waals surface area contributed by atoms with Gasteiger partial charge in [-0.1, -0.05) is 101 Å². The minimum absolute atomic E-state index is 0.194. The lowest BCUT2D eigenvalue weighted by Gasteiger charge is -2.12. The summed E-state index contributed by atoms with van der Waals surface area (Å²) in [7, 11) is 0. The third kappa shape index (κ3) is 13.8. The topological polar surface area (TPSA) is 164 Å². The fraction of sp³-hybridized carbons (Fsp3) is 0.231. The van der Waals surface area contributed by atoms with E-state index >= 15 is 0 Å². The summed E-state index contributed by atoms with van der Waals surface area (Å²) < 4.78 is 0. The third-order valence-electron chi connectivity index (χ3n) is 4.82. The lowest BCUT2D eigenvalue weighted by atomic mass is 10.1. The minimum Gasteiger partial charge on any atom is -0.481 e. The fourth-order valence-corrected chi connectivity index (χ4v) is 3.07. The molecule has 0 spiro atoms. The van der Waals surface area contributed by atoms with E-state index in [0.717, 1.165) is 16.7 Å². The van der Waals surface area contributed by atoms with E-state index < -0.39 is 18.1 Å². The van der Waals surface area contributed by atoms with Crippen molar-refractivity contribution in [2.75, 3.05) is 5.34 Å². The molecular formula is C26H27Cl2N7O3. The van der Waals surface area contributed by atoms with Crippen molar-refractivity contribution in [1.82, 2.24) is 5.32 Å². The van der Waals surface area contributed by atoms with Gasteiger partial charge in [-0.15, -0.1) is 23.2 Å². The molecule has 0 bridgehead atoms. The highest BCUT2D eigenvalue weighted by molar-refractivity contribution is 6.40. The average molecular weight is 556 g/mol. The van der Waals surface area contributed by atoms with E-state index in [1.165, 1.54) is 0 Å². The van der Waals surface area contributed by atoms with Crippen LogP contribution < -0.4 is 5.32 Å². The number of halogens is 2. The molecule has 10 nitrogen and oxygen atoms in total. The molecular weight excluding hydrogens is 529 g/mol. The summed E-state index contributed by atoms with van der Waals surface area (Å²) in [5.74, 6) is -1.37. The Morgan fingerprint density at radius 2 is 1.11 bits per heavy atom. The van der Waals surface area contributed by atoms with Gasteiger partial charge in [-0.05, 0) is 40.6 Å². The first kappa shape index (κ1) is 31.8. The van der Waals surface area contributed by atoms with Gasteiger partial charge in [-0.25, -0.2) is 0 Å². The Bertz CT molecular complexity index is 1190. The van der Waals surface area contributed by atoms with Crippen LogP contribution in [0.1, 0.15) is 16.7 Å². The van der Waals surface area contributed by atoms with Crippen molar-refractivity contribution in [3.8, 4) is 0 Å². The number of carbonyl (C=O) groups excluding carboxylic acids is 1. The number of benzene rings is 3. The molecule has 0 aliphatic heterocycles. The van der Waals surface area contributed by atoms with Crippen molar-refractivity contribution >= 4 is 35.1 Å². The zero-order valence-corrected chi connectivity index (χ0v) is 21.9. The first-order valence-corrected chi connectivity index (χ1v) is 12.3. The molecule has 0 fully saturated rings. The number of nitrogens with zero attached hydrogens (tertiary/aromatic N) is 6. The summed E-state index contributed by atoms with van der Waals surface area (Å²) in [6, 6.07) is 26.4. The van der Waals surface area contributed by atoms with Crippen molar-refractivity contribution < 1.29 is 14.7 Å². The number of nitrogens with one attached hydrogen (secondary N) is 1. The van der Waals surface area contributed by atoms with Gasteiger partial charge in [0.1, 0.15) is 12.1 Å². The summed E-state index contributed by atoms with van der Waals surface area (Å²) in [5, 5.41) is 18.5. The number of carboxylic acid groups (broad SMARTS) is 1. The van der Waals surface area contributed by atoms with Gasteiger partial charge in [0.2, 0.25) is 5.91 Å². The Morgan fingerprint density at radius 3 is 1.50 bits per heavy atom. The lowest BCUT2D eigenvalue weighted by Crippen LogP contribution is -2.34. The van der Waals surface area contributed by atoms with Gasteiger partial charge in [-0.2, -0.15) is 0 Å². The summed E-state index contributed by atoms with van der Waals surface area (Å²) in [6.07, 6.45) is 0.617. The highest BCUT2D eigenvalue weighted by Gasteiger charge is 2.17. The van der Waals surface area contributed by atoms with Crippen LogP contribution in [0.4, 0.5) is 0 Å². The summed E-state index contributed by atoms with van der Waals surface area (Å²) in [4.78, 5) is 28.0. The van der Waals surface area contributed by atoms with Crippen molar-refractivity contribution in [2.24, 2.45) is 10.2 Å². The maximum Gasteiger partial charge on any atom is 0.312 e. The van der Waals surface area contributed by atoms with Gasteiger partial charge >= 0.3 is 5.97 Å². The Balaban J connectivity index is 0.000000368. The fourth-order valence-electron chi connectivity index (χ4n) is 3.07. The number of rotatable bonds is 10. The largest absolute Gasteiger partial charge is 0.481 e. The van der Waals surface area contributed by atoms with Gasteiger partial charge in [0.05, 0.1) is 5.34 Å². The highest BCUT2D eigenvalue weighted by Crippen LogP contribution is 2.08. The number of amides is 1. The number of azide groups is 2. The van der Waals surface area contributed by atoms with Crippen molar-refractivity contribution in [1.29, 1.82) is 0 Å². The molecule has 0 heterocycles. The van der Waals surface area contributed by atoms with Crippen molar-refractivity contribution in [3.63, 3.8) is 0 Å². The molecule has 12 heteroatoms. The second-order valence-electron chi connectivity index (χ2n) is 7.46. The van der Waals surface area contributed by atoms with Crippen LogP contribution in [0.15, 0.2) is 101 Å². The standard InChI is InChI=1S/C16H16N4O.C9H9N3O2.CH2Cl2/c17-20-19-15(11-13-7-3-1-4-8-13)16(21)18-12-14-9-5-2-6-10-14;10-12-11-8(9(13)14)6-7-4-2-1-3-5-7;2-1-3/h1-10,15H,11-12H2,(H,18,21);1-5,8H,6H2,(H,13,14);1H2/t15-;8-;/m00./s1. The molecule has 198 valence electrons. The predicted octanol–water partition coefficient (Wildman–Crippen LogP) is 6.64. The molecule has 0 unspecified atom stereocenters. The molecule has 0 radical (unpaired) electrons. The zero-order chi connectivity index (χ0) is 28.0. The number of aliphatic carboxylic acids is 1. The van der Waals surface area contributed by atoms with Crippen LogP contribution in [0.3, 0.4) is 0 Å². The van der Waals surface area contributed by atoms with Crippen LogP contribution in [0.5, 0.6) is 0 Å². The minimum atomic E-state index is -1.10. The first-order chi connectivity index (χ1) is 18.4. The Labute approximate surface area is 230 Å². The summed E-state index contributed by atoms with van der Waals surface area (Å²) in [5.41, 5.74) is 19.6. The molecule has 2 N–H and O–H groups in total. The van der Waals surface area contributed by atoms with Crippen LogP contribution in [0, 0.1) is 0 Å². The second kappa shape index (κ2) is 19.9. The molecule has 2 atom stereocenters. The van der Waals surface area contributed by atoms with E-state index in [4.69, 9.17) is 39.4 Å². The molecule has 3 rings (SSSR count). The monoisotopic (exact) mass is 555 g/mol. The molecule has 0 aliphatic carbocycles. The zero-order valence-electron chi connectivity index (χ0n) is 20.3. The maximum atomic E-state index is 12.1. The SMILES string of the molecule is ClCCl.[N-]=[N+]=N[C@@H](Cc1ccccc1)C(=O)NCc1ccccc1.[N-]=[N+]=N[C@@H](Cc1ccccc1)C(=O)O. The lowest BCUT2D eigenvalue weighted by molar-refractivity contribution is -0.138. The van der Waals surface area contributed by atoms with Crippen LogP contribution >= 0.6 is 23.2 Å². The van der Waals surface area contributed by atoms with E-state index in [9.17, 15) is 9.59 Å². The van der Waals surface area contributed by atoms with E-state index in [1.807, 2.05) is 78.9 Å². The number of carboxylic acids is 1. The van der Waals surface area contributed by atoms with Gasteiger partial charge in [-0.3, -0.25) is 9.59 Å². The van der Waals surface area contributed by atoms with E-state index in [0.29, 0.717) is 13.0 Å². The van der Waals surface area contributed by atoms with Crippen molar-refractivity contribution in [3.05, 3.63) is 129 Å². The molecule has 0 aliphatic rings. The van der Waals surface area contributed by atoms with E-state index in [-0.39, 0.29) is 17.7 Å². The highest BCUT2D eigenvalue weighted by atomic mass is 35.5. The summed E-state index contributed by atoms with van der Waals surface area (Å²) in [6.45, 7) is 0.423. The molecule has 3 aromatic rings. The van der Waals surface area contributed by atoms with Gasteiger partial charge in [0.15, 0.2) is 0 Å². The summed E-state index contributed by atoms with van der Waals surface area (Å²) >= 11 is 9.53. The van der Waals surface area contributed by atoms with Crippen LogP contribution in [0.2, 0.25) is 0 Å². The molecule has 3 aromatic carbocycles. The Morgan fingerprint density at radius 1 is 0.737 bits per heavy atom. The van der Waals surface area contributed by atoms with Gasteiger partial charge in [0.25, 0.3) is 0 Å². The number of alkyl halides is 2. The smallest absolute Gasteiger partial charge is 0.312 e. The third-order valence-corrected chi connectivity index (χ3v) is 4.82. The number of hydrogen-bond donors (Lipinski definition) is 2. The van der Waals surface area contributed by atoms with Crippen LogP contribution in [-0.2, 0) is 29.0 Å². The molecule has 0 saturated heterocycles. The maximum absolute atomic E-state index is 12.1. The van der Waals surface area contributed by atoms with Crippen molar-refractivity contribution in [2.45, 2.75) is 31.5 Å². The molecule has 38 heavy (non-hydrogen) atoms. The average Bonchev–Trinajstić information content (AvgIpc) is 2.94. The van der Waals surface area contributed by atoms with E-state index in [1.54, 1.807) is 12.1 Å². The van der Waals surface area contributed by atoms with Gasteiger partial charge < -0.3 is 10.4 Å². The van der Waals surface area contributed by atoms with E-state index in [2.05, 4.69) is 25.4 Å². The molecule has 0 saturated carbocycles. The van der Waals surface area contributed by atoms with Crippen LogP contribution in [-0.4, -0.2) is 34.4 Å².